The van der Waals surface area contributed by atoms with Crippen LogP contribution in [0.5, 0.6) is 0 Å². The summed E-state index contributed by atoms with van der Waals surface area (Å²) in [4.78, 5) is 22.5. The summed E-state index contributed by atoms with van der Waals surface area (Å²) < 4.78 is 11.5. The quantitative estimate of drug-likeness (QED) is 0.793. The van der Waals surface area contributed by atoms with E-state index < -0.39 is 0 Å². The zero-order valence-electron chi connectivity index (χ0n) is 10.9. The maximum absolute atomic E-state index is 11.3. The van der Waals surface area contributed by atoms with Crippen molar-refractivity contribution in [1.29, 1.82) is 0 Å². The number of hydrogen-bond donors (Lipinski definition) is 1. The van der Waals surface area contributed by atoms with Crippen molar-refractivity contribution in [1.82, 2.24) is 9.88 Å². The van der Waals surface area contributed by atoms with Crippen molar-refractivity contribution in [2.24, 2.45) is 7.05 Å². The van der Waals surface area contributed by atoms with E-state index in [-0.39, 0.29) is 18.3 Å². The van der Waals surface area contributed by atoms with Gasteiger partial charge in [0.15, 0.2) is 5.58 Å². The molecule has 0 unspecified atom stereocenters. The van der Waals surface area contributed by atoms with Crippen LogP contribution < -0.4 is 11.1 Å². The summed E-state index contributed by atoms with van der Waals surface area (Å²) in [6.07, 6.45) is 0.602. The van der Waals surface area contributed by atoms with Crippen LogP contribution in [-0.2, 0) is 23.0 Å². The Balaban J connectivity index is 2.03. The molecule has 0 spiro atoms. The number of esters is 1. The molecule has 0 aliphatic rings. The molecule has 6 heteroatoms. The number of fused-ring (bicyclic) bond motifs is 1. The summed E-state index contributed by atoms with van der Waals surface area (Å²) in [7, 11) is 3.35. The standard InChI is InChI=1S/C13H16N2O4/c1-14-8-12(16)18-6-5-9-3-4-11-10(7-9)15(2)13(17)19-11/h3-4,7,14H,5-6,8H2,1-2H3. The third kappa shape index (κ3) is 3.03. The maximum atomic E-state index is 11.3. The molecule has 1 heterocycles. The van der Waals surface area contributed by atoms with Gasteiger partial charge in [-0.3, -0.25) is 9.36 Å². The highest BCUT2D eigenvalue weighted by atomic mass is 16.5. The molecule has 1 aromatic carbocycles. The van der Waals surface area contributed by atoms with Gasteiger partial charge in [0.05, 0.1) is 18.7 Å². The molecule has 6 nitrogen and oxygen atoms in total. The summed E-state index contributed by atoms with van der Waals surface area (Å²) in [5.41, 5.74) is 2.29. The first-order chi connectivity index (χ1) is 9.11. The smallest absolute Gasteiger partial charge is 0.419 e. The molecule has 0 atom stereocenters. The number of likely N-dealkylation sites (N-methyl/N-ethyl adjacent to an activating group) is 1. The Morgan fingerprint density at radius 2 is 2.26 bits per heavy atom. The predicted octanol–water partition coefficient (Wildman–Crippen LogP) is 0.437. The minimum absolute atomic E-state index is 0.204. The largest absolute Gasteiger partial charge is 0.464 e. The first-order valence-corrected chi connectivity index (χ1v) is 6.00. The first kappa shape index (κ1) is 13.4. The van der Waals surface area contributed by atoms with Crippen molar-refractivity contribution in [2.45, 2.75) is 6.42 Å². The molecule has 102 valence electrons. The number of carbonyl (C=O) groups is 1. The van der Waals surface area contributed by atoms with E-state index in [9.17, 15) is 9.59 Å². The first-order valence-electron chi connectivity index (χ1n) is 6.00. The van der Waals surface area contributed by atoms with E-state index in [0.29, 0.717) is 18.6 Å². The second-order valence-electron chi connectivity index (χ2n) is 4.23. The van der Waals surface area contributed by atoms with Gasteiger partial charge in [-0.2, -0.15) is 0 Å². The second-order valence-corrected chi connectivity index (χ2v) is 4.23. The molecule has 0 fully saturated rings. The van der Waals surface area contributed by atoms with Gasteiger partial charge in [-0.25, -0.2) is 4.79 Å². The average Bonchev–Trinajstić information content (AvgIpc) is 2.66. The van der Waals surface area contributed by atoms with Crippen molar-refractivity contribution >= 4 is 17.1 Å². The fourth-order valence-electron chi connectivity index (χ4n) is 1.81. The van der Waals surface area contributed by atoms with Gasteiger partial charge >= 0.3 is 11.7 Å². The van der Waals surface area contributed by atoms with Gasteiger partial charge in [0.25, 0.3) is 0 Å². The van der Waals surface area contributed by atoms with Crippen molar-refractivity contribution < 1.29 is 13.9 Å². The Hall–Kier alpha value is -2.08. The molecule has 0 aliphatic heterocycles. The molecule has 19 heavy (non-hydrogen) atoms. The Labute approximate surface area is 110 Å². The van der Waals surface area contributed by atoms with Crippen LogP contribution >= 0.6 is 0 Å². The molecule has 0 bridgehead atoms. The van der Waals surface area contributed by atoms with E-state index in [1.807, 2.05) is 12.1 Å². The molecule has 0 radical (unpaired) electrons. The van der Waals surface area contributed by atoms with Gasteiger partial charge in [-0.1, -0.05) is 6.07 Å². The lowest BCUT2D eigenvalue weighted by Gasteiger charge is -2.04. The summed E-state index contributed by atoms with van der Waals surface area (Å²) >= 11 is 0. The number of nitrogens with one attached hydrogen (secondary N) is 1. The molecule has 1 N–H and O–H groups in total. The van der Waals surface area contributed by atoms with E-state index in [1.54, 1.807) is 20.2 Å². The van der Waals surface area contributed by atoms with Gasteiger partial charge in [0, 0.05) is 13.5 Å². The number of hydrogen-bond acceptors (Lipinski definition) is 5. The fourth-order valence-corrected chi connectivity index (χ4v) is 1.81. The van der Waals surface area contributed by atoms with Crippen molar-refractivity contribution in [2.75, 3.05) is 20.2 Å². The van der Waals surface area contributed by atoms with Crippen LogP contribution in [0.15, 0.2) is 27.4 Å². The van der Waals surface area contributed by atoms with Crippen molar-refractivity contribution in [3.05, 3.63) is 34.3 Å². The molecule has 1 aromatic heterocycles. The highest BCUT2D eigenvalue weighted by Gasteiger charge is 2.07. The Kier molecular flexibility index (Phi) is 4.01. The normalized spacial score (nSPS) is 10.8. The van der Waals surface area contributed by atoms with E-state index in [4.69, 9.17) is 9.15 Å². The third-order valence-electron chi connectivity index (χ3n) is 2.83. The zero-order valence-corrected chi connectivity index (χ0v) is 10.9. The monoisotopic (exact) mass is 264 g/mol. The highest BCUT2D eigenvalue weighted by molar-refractivity contribution is 5.74. The molecular weight excluding hydrogens is 248 g/mol. The minimum atomic E-state index is -0.382. The van der Waals surface area contributed by atoms with Crippen LogP contribution in [-0.4, -0.2) is 30.7 Å². The zero-order chi connectivity index (χ0) is 13.8. The second kappa shape index (κ2) is 5.71. The van der Waals surface area contributed by atoms with E-state index in [2.05, 4.69) is 5.32 Å². The van der Waals surface area contributed by atoms with E-state index >= 15 is 0 Å². The summed E-state index contributed by atoms with van der Waals surface area (Å²) in [5.74, 6) is -0.660. The number of aromatic nitrogens is 1. The number of rotatable bonds is 5. The number of benzene rings is 1. The third-order valence-corrected chi connectivity index (χ3v) is 2.83. The number of oxazole rings is 1. The molecule has 0 aliphatic carbocycles. The number of ether oxygens (including phenoxy) is 1. The summed E-state index contributed by atoms with van der Waals surface area (Å²) in [5, 5.41) is 2.73. The number of nitrogens with zero attached hydrogens (tertiary/aromatic N) is 1. The Bertz CT molecular complexity index is 642. The minimum Gasteiger partial charge on any atom is -0.464 e. The van der Waals surface area contributed by atoms with Crippen LogP contribution in [0.4, 0.5) is 0 Å². The predicted molar refractivity (Wildman–Crippen MR) is 70.0 cm³/mol. The molecular formula is C13H16N2O4. The lowest BCUT2D eigenvalue weighted by molar-refractivity contribution is -0.142. The van der Waals surface area contributed by atoms with E-state index in [1.165, 1.54) is 4.57 Å². The number of carbonyl (C=O) groups excluding carboxylic acids is 1. The fraction of sp³-hybridized carbons (Fsp3) is 0.385. The SMILES string of the molecule is CNCC(=O)OCCc1ccc2oc(=O)n(C)c2c1. The molecule has 2 rings (SSSR count). The number of aryl methyl sites for hydroxylation is 1. The highest BCUT2D eigenvalue weighted by Crippen LogP contribution is 2.14. The molecule has 2 aromatic rings. The Morgan fingerprint density at radius 3 is 3.00 bits per heavy atom. The molecule has 0 saturated heterocycles. The van der Waals surface area contributed by atoms with Crippen LogP contribution in [0, 0.1) is 0 Å². The van der Waals surface area contributed by atoms with Gasteiger partial charge in [-0.15, -0.1) is 0 Å². The Morgan fingerprint density at radius 1 is 1.47 bits per heavy atom. The van der Waals surface area contributed by atoms with Crippen LogP contribution in [0.2, 0.25) is 0 Å². The van der Waals surface area contributed by atoms with Gasteiger partial charge in [0.1, 0.15) is 0 Å². The summed E-state index contributed by atoms with van der Waals surface area (Å²) in [6.45, 7) is 0.521. The molecule has 0 amide bonds. The van der Waals surface area contributed by atoms with Gasteiger partial charge < -0.3 is 14.5 Å². The van der Waals surface area contributed by atoms with Crippen molar-refractivity contribution in [3.8, 4) is 0 Å². The van der Waals surface area contributed by atoms with Crippen LogP contribution in [0.25, 0.3) is 11.1 Å². The topological polar surface area (TPSA) is 73.5 Å². The lowest BCUT2D eigenvalue weighted by atomic mass is 10.1. The van der Waals surface area contributed by atoms with Gasteiger partial charge in [0.2, 0.25) is 0 Å². The summed E-state index contributed by atoms with van der Waals surface area (Å²) in [6, 6.07) is 5.48. The van der Waals surface area contributed by atoms with Gasteiger partial charge in [-0.05, 0) is 24.7 Å². The van der Waals surface area contributed by atoms with Crippen LogP contribution in [0.3, 0.4) is 0 Å². The lowest BCUT2D eigenvalue weighted by Crippen LogP contribution is -2.21. The van der Waals surface area contributed by atoms with Crippen molar-refractivity contribution in [3.63, 3.8) is 0 Å². The molecule has 0 saturated carbocycles. The maximum Gasteiger partial charge on any atom is 0.419 e. The van der Waals surface area contributed by atoms with E-state index in [0.717, 1.165) is 11.1 Å². The van der Waals surface area contributed by atoms with Crippen LogP contribution in [0.1, 0.15) is 5.56 Å². The average molecular weight is 264 g/mol.